The summed E-state index contributed by atoms with van der Waals surface area (Å²) in [4.78, 5) is 0. The van der Waals surface area contributed by atoms with Gasteiger partial charge in [-0.05, 0) is 36.8 Å². The smallest absolute Gasteiger partial charge is 0.200 e. The van der Waals surface area contributed by atoms with Crippen LogP contribution in [0.2, 0.25) is 0 Å². The number of phenolic OH excluding ortho intramolecular Hbond substituents is 1. The molecule has 2 aromatic rings. The molecular weight excluding hydrogens is 388 g/mol. The lowest BCUT2D eigenvalue weighted by atomic mass is 9.90. The normalized spacial score (nSPS) is 17.6. The van der Waals surface area contributed by atoms with Crippen LogP contribution in [0.4, 0.5) is 0 Å². The van der Waals surface area contributed by atoms with Crippen LogP contribution in [0.3, 0.4) is 0 Å². The van der Waals surface area contributed by atoms with E-state index in [1.807, 2.05) is 31.2 Å². The lowest BCUT2D eigenvalue weighted by Crippen LogP contribution is -2.13. The second-order valence-electron chi connectivity index (χ2n) is 6.80. The highest BCUT2D eigenvalue weighted by atomic mass is 16.5. The van der Waals surface area contributed by atoms with Gasteiger partial charge in [0, 0.05) is 17.7 Å². The zero-order valence-corrected chi connectivity index (χ0v) is 17.7. The highest BCUT2D eigenvalue weighted by Crippen LogP contribution is 2.52. The molecule has 0 saturated heterocycles. The third-order valence-electron chi connectivity index (χ3n) is 5.09. The van der Waals surface area contributed by atoms with Gasteiger partial charge in [0.05, 0.1) is 40.5 Å². The number of aliphatic hydroxyl groups excluding tert-OH is 1. The van der Waals surface area contributed by atoms with Crippen LogP contribution < -0.4 is 18.9 Å². The molecule has 2 N–H and O–H groups in total. The summed E-state index contributed by atoms with van der Waals surface area (Å²) in [6.45, 7) is 2.99. The van der Waals surface area contributed by atoms with Gasteiger partial charge in [-0.15, -0.1) is 0 Å². The van der Waals surface area contributed by atoms with Crippen molar-refractivity contribution < 1.29 is 33.9 Å². The number of hydrogen-bond donors (Lipinski definition) is 2. The quantitative estimate of drug-likeness (QED) is 0.603. The van der Waals surface area contributed by atoms with Crippen molar-refractivity contribution >= 4 is 6.08 Å². The maximum Gasteiger partial charge on any atom is 0.200 e. The molecule has 7 heteroatoms. The van der Waals surface area contributed by atoms with Crippen molar-refractivity contribution in [1.29, 1.82) is 0 Å². The summed E-state index contributed by atoms with van der Waals surface area (Å²) in [7, 11) is 4.52. The van der Waals surface area contributed by atoms with Gasteiger partial charge in [-0.25, -0.2) is 0 Å². The average molecular weight is 416 g/mol. The molecule has 0 aliphatic carbocycles. The zero-order chi connectivity index (χ0) is 21.7. The van der Waals surface area contributed by atoms with Crippen LogP contribution >= 0.6 is 0 Å². The molecule has 1 aliphatic rings. The molecule has 162 valence electrons. The van der Waals surface area contributed by atoms with E-state index < -0.39 is 6.10 Å². The molecule has 3 rings (SSSR count). The Bertz CT molecular complexity index is 882. The average Bonchev–Trinajstić information content (AvgIpc) is 3.14. The molecule has 0 spiro atoms. The number of aromatic hydroxyl groups is 1. The molecule has 0 aromatic heterocycles. The van der Waals surface area contributed by atoms with Crippen molar-refractivity contribution in [3.05, 3.63) is 47.0 Å². The van der Waals surface area contributed by atoms with Gasteiger partial charge in [0.2, 0.25) is 5.75 Å². The third-order valence-corrected chi connectivity index (χ3v) is 5.09. The van der Waals surface area contributed by atoms with Crippen molar-refractivity contribution in [2.75, 3.05) is 41.2 Å². The van der Waals surface area contributed by atoms with E-state index in [4.69, 9.17) is 23.7 Å². The van der Waals surface area contributed by atoms with E-state index in [2.05, 4.69) is 0 Å². The highest BCUT2D eigenvalue weighted by Gasteiger charge is 2.38. The van der Waals surface area contributed by atoms with Crippen molar-refractivity contribution in [2.45, 2.75) is 18.9 Å². The van der Waals surface area contributed by atoms with E-state index in [-0.39, 0.29) is 29.8 Å². The molecule has 0 saturated carbocycles. The first kappa shape index (κ1) is 21.8. The first-order chi connectivity index (χ1) is 14.6. The summed E-state index contributed by atoms with van der Waals surface area (Å²) < 4.78 is 27.7. The Balaban J connectivity index is 2.01. The fourth-order valence-corrected chi connectivity index (χ4v) is 3.61. The fourth-order valence-electron chi connectivity index (χ4n) is 3.61. The Morgan fingerprint density at radius 1 is 1.00 bits per heavy atom. The predicted molar refractivity (Wildman–Crippen MR) is 113 cm³/mol. The number of rotatable bonds is 9. The van der Waals surface area contributed by atoms with E-state index in [1.165, 1.54) is 14.2 Å². The summed E-state index contributed by atoms with van der Waals surface area (Å²) in [6, 6.07) is 7.24. The Morgan fingerprint density at radius 2 is 1.67 bits per heavy atom. The molecule has 7 nitrogen and oxygen atoms in total. The number of methoxy groups -OCH3 is 3. The van der Waals surface area contributed by atoms with Gasteiger partial charge in [-0.3, -0.25) is 0 Å². The van der Waals surface area contributed by atoms with E-state index >= 15 is 0 Å². The van der Waals surface area contributed by atoms with Crippen LogP contribution in [0.1, 0.15) is 35.6 Å². The molecule has 30 heavy (non-hydrogen) atoms. The molecule has 0 fully saturated rings. The molecule has 0 amide bonds. The number of ether oxygens (including phenoxy) is 5. The van der Waals surface area contributed by atoms with Crippen molar-refractivity contribution in [3.8, 4) is 28.7 Å². The van der Waals surface area contributed by atoms with Crippen LogP contribution in [0.25, 0.3) is 6.08 Å². The molecule has 2 atom stereocenters. The lowest BCUT2D eigenvalue weighted by molar-refractivity contribution is 0.156. The summed E-state index contributed by atoms with van der Waals surface area (Å²) in [5.74, 6) is 1.31. The van der Waals surface area contributed by atoms with Crippen LogP contribution in [-0.4, -0.2) is 51.4 Å². The van der Waals surface area contributed by atoms with Crippen LogP contribution in [-0.2, 0) is 4.74 Å². The minimum Gasteiger partial charge on any atom is -0.502 e. The molecule has 0 unspecified atom stereocenters. The minimum atomic E-state index is -0.495. The Kier molecular flexibility index (Phi) is 7.07. The highest BCUT2D eigenvalue weighted by molar-refractivity contribution is 5.63. The third kappa shape index (κ3) is 4.17. The van der Waals surface area contributed by atoms with Gasteiger partial charge in [0.25, 0.3) is 0 Å². The summed E-state index contributed by atoms with van der Waals surface area (Å²) >= 11 is 0. The van der Waals surface area contributed by atoms with E-state index in [0.717, 1.165) is 11.1 Å². The van der Waals surface area contributed by atoms with Gasteiger partial charge in [-0.1, -0.05) is 12.2 Å². The number of hydrogen-bond acceptors (Lipinski definition) is 7. The summed E-state index contributed by atoms with van der Waals surface area (Å²) in [5, 5.41) is 20.4. The van der Waals surface area contributed by atoms with Gasteiger partial charge in [0.1, 0.15) is 6.10 Å². The van der Waals surface area contributed by atoms with Crippen LogP contribution in [0.5, 0.6) is 28.7 Å². The monoisotopic (exact) mass is 416 g/mol. The second kappa shape index (κ2) is 9.73. The SMILES string of the molecule is CCOC/C=C/c1cc(OC)c2c(c1)[C@H](CO)[C@@H](c1cc(OC)c(O)c(OC)c1)O2. The lowest BCUT2D eigenvalue weighted by Gasteiger charge is -2.20. The number of phenols is 1. The van der Waals surface area contributed by atoms with Gasteiger partial charge < -0.3 is 33.9 Å². The standard InChI is InChI=1S/C23H28O7/c1-5-29-8-6-7-14-9-16-17(13-24)22(30-23(16)20(10-14)28-4)15-11-18(26-2)21(25)19(12-15)27-3/h6-7,9-12,17,22,24-25H,5,8,13H2,1-4H3/b7-6+/t17-,22+/m0/s1. The van der Waals surface area contributed by atoms with E-state index in [0.29, 0.717) is 30.3 Å². The first-order valence-electron chi connectivity index (χ1n) is 9.76. The number of benzene rings is 2. The molecular formula is C23H28O7. The fraction of sp³-hybridized carbons (Fsp3) is 0.391. The van der Waals surface area contributed by atoms with Crippen molar-refractivity contribution in [3.63, 3.8) is 0 Å². The zero-order valence-electron chi connectivity index (χ0n) is 17.7. The molecule has 0 bridgehead atoms. The summed E-state index contributed by atoms with van der Waals surface area (Å²) in [6.07, 6.45) is 3.39. The molecule has 2 aromatic carbocycles. The maximum absolute atomic E-state index is 10.2. The van der Waals surface area contributed by atoms with Gasteiger partial charge in [0.15, 0.2) is 23.0 Å². The summed E-state index contributed by atoms with van der Waals surface area (Å²) in [5.41, 5.74) is 2.49. The Morgan fingerprint density at radius 3 is 2.23 bits per heavy atom. The second-order valence-corrected chi connectivity index (χ2v) is 6.80. The molecule has 1 aliphatic heterocycles. The van der Waals surface area contributed by atoms with Crippen molar-refractivity contribution in [2.24, 2.45) is 0 Å². The van der Waals surface area contributed by atoms with Crippen molar-refractivity contribution in [1.82, 2.24) is 0 Å². The van der Waals surface area contributed by atoms with E-state index in [1.54, 1.807) is 19.2 Å². The topological polar surface area (TPSA) is 86.6 Å². The first-order valence-corrected chi connectivity index (χ1v) is 9.76. The molecule has 0 radical (unpaired) electrons. The van der Waals surface area contributed by atoms with Gasteiger partial charge in [-0.2, -0.15) is 0 Å². The number of aliphatic hydroxyl groups is 1. The number of fused-ring (bicyclic) bond motifs is 1. The van der Waals surface area contributed by atoms with Crippen LogP contribution in [0, 0.1) is 0 Å². The largest absolute Gasteiger partial charge is 0.502 e. The Hall–Kier alpha value is -2.90. The minimum absolute atomic E-state index is 0.0842. The van der Waals surface area contributed by atoms with Crippen LogP contribution in [0.15, 0.2) is 30.3 Å². The predicted octanol–water partition coefficient (Wildman–Crippen LogP) is 3.68. The van der Waals surface area contributed by atoms with E-state index in [9.17, 15) is 10.2 Å². The van der Waals surface area contributed by atoms with Gasteiger partial charge >= 0.3 is 0 Å². The Labute approximate surface area is 176 Å². The maximum atomic E-state index is 10.2. The molecule has 1 heterocycles.